The van der Waals surface area contributed by atoms with Gasteiger partial charge >= 0.3 is 5.97 Å². The van der Waals surface area contributed by atoms with E-state index in [0.29, 0.717) is 5.82 Å². The molecule has 106 valence electrons. The van der Waals surface area contributed by atoms with Gasteiger partial charge in [-0.25, -0.2) is 9.89 Å². The van der Waals surface area contributed by atoms with Gasteiger partial charge < -0.3 is 5.11 Å². The SMILES string of the molecule is CCCCCc1cc(-c2nnn[nH]2)c(/C=C/C(=O)O)s1. The molecule has 0 aromatic carbocycles. The third-order valence-electron chi connectivity index (χ3n) is 2.82. The highest BCUT2D eigenvalue weighted by molar-refractivity contribution is 7.13. The summed E-state index contributed by atoms with van der Waals surface area (Å²) >= 11 is 1.58. The van der Waals surface area contributed by atoms with E-state index in [1.807, 2.05) is 6.07 Å². The number of tetrazole rings is 1. The number of thiophene rings is 1. The average molecular weight is 292 g/mol. The van der Waals surface area contributed by atoms with Gasteiger partial charge in [-0.05, 0) is 35.4 Å². The van der Waals surface area contributed by atoms with Crippen LogP contribution in [0.5, 0.6) is 0 Å². The van der Waals surface area contributed by atoms with Crippen molar-refractivity contribution in [3.63, 3.8) is 0 Å². The van der Waals surface area contributed by atoms with E-state index >= 15 is 0 Å². The lowest BCUT2D eigenvalue weighted by Crippen LogP contribution is -1.86. The highest BCUT2D eigenvalue weighted by atomic mass is 32.1. The van der Waals surface area contributed by atoms with Crippen LogP contribution in [0.4, 0.5) is 0 Å². The summed E-state index contributed by atoms with van der Waals surface area (Å²) in [7, 11) is 0. The zero-order chi connectivity index (χ0) is 14.4. The number of hydrogen-bond acceptors (Lipinski definition) is 5. The largest absolute Gasteiger partial charge is 0.478 e. The first-order chi connectivity index (χ1) is 9.70. The second kappa shape index (κ2) is 6.95. The Morgan fingerprint density at radius 3 is 3.00 bits per heavy atom. The van der Waals surface area contributed by atoms with Gasteiger partial charge in [0.25, 0.3) is 0 Å². The summed E-state index contributed by atoms with van der Waals surface area (Å²) in [5.74, 6) is -0.402. The number of carbonyl (C=O) groups is 1. The molecule has 7 heteroatoms. The fourth-order valence-corrected chi connectivity index (χ4v) is 2.97. The fraction of sp³-hybridized carbons (Fsp3) is 0.385. The first-order valence-corrected chi connectivity index (χ1v) is 7.30. The smallest absolute Gasteiger partial charge is 0.328 e. The van der Waals surface area contributed by atoms with Crippen LogP contribution in [0.15, 0.2) is 12.1 Å². The van der Waals surface area contributed by atoms with E-state index in [9.17, 15) is 4.79 Å². The van der Waals surface area contributed by atoms with Gasteiger partial charge in [0.05, 0.1) is 0 Å². The Bertz CT molecular complexity index is 590. The van der Waals surface area contributed by atoms with Crippen LogP contribution in [0.2, 0.25) is 0 Å². The summed E-state index contributed by atoms with van der Waals surface area (Å²) in [6.45, 7) is 2.17. The number of rotatable bonds is 7. The quantitative estimate of drug-likeness (QED) is 0.604. The zero-order valence-electron chi connectivity index (χ0n) is 11.2. The van der Waals surface area contributed by atoms with Crippen LogP contribution in [0.3, 0.4) is 0 Å². The molecule has 2 rings (SSSR count). The number of nitrogens with zero attached hydrogens (tertiary/aromatic N) is 3. The van der Waals surface area contributed by atoms with E-state index in [0.717, 1.165) is 29.4 Å². The Balaban J connectivity index is 2.25. The molecule has 0 bridgehead atoms. The maximum Gasteiger partial charge on any atom is 0.328 e. The summed E-state index contributed by atoms with van der Waals surface area (Å²) in [6.07, 6.45) is 7.22. The predicted molar refractivity (Wildman–Crippen MR) is 77.4 cm³/mol. The van der Waals surface area contributed by atoms with Gasteiger partial charge in [0.1, 0.15) is 0 Å². The summed E-state index contributed by atoms with van der Waals surface area (Å²) in [4.78, 5) is 12.7. The van der Waals surface area contributed by atoms with Crippen molar-refractivity contribution in [1.82, 2.24) is 20.6 Å². The number of aromatic amines is 1. The molecule has 2 N–H and O–H groups in total. The van der Waals surface area contributed by atoms with Gasteiger partial charge in [0, 0.05) is 21.4 Å². The molecule has 0 radical (unpaired) electrons. The van der Waals surface area contributed by atoms with Crippen LogP contribution in [0.25, 0.3) is 17.5 Å². The van der Waals surface area contributed by atoms with Gasteiger partial charge in [0.2, 0.25) is 0 Å². The average Bonchev–Trinajstić information content (AvgIpc) is 3.05. The third kappa shape index (κ3) is 3.74. The van der Waals surface area contributed by atoms with E-state index < -0.39 is 5.97 Å². The van der Waals surface area contributed by atoms with Crippen molar-refractivity contribution in [2.45, 2.75) is 32.6 Å². The van der Waals surface area contributed by atoms with Crippen molar-refractivity contribution in [1.29, 1.82) is 0 Å². The van der Waals surface area contributed by atoms with Gasteiger partial charge in [-0.2, -0.15) is 0 Å². The Labute approximate surface area is 120 Å². The molecule has 0 fully saturated rings. The van der Waals surface area contributed by atoms with Crippen molar-refractivity contribution in [3.8, 4) is 11.4 Å². The molecule has 0 saturated carbocycles. The number of carboxylic acid groups (broad SMARTS) is 1. The minimum atomic E-state index is -0.965. The molecule has 0 aliphatic heterocycles. The van der Waals surface area contributed by atoms with Gasteiger partial charge in [-0.3, -0.25) is 0 Å². The lowest BCUT2D eigenvalue weighted by molar-refractivity contribution is -0.131. The second-order valence-electron chi connectivity index (χ2n) is 4.37. The summed E-state index contributed by atoms with van der Waals surface area (Å²) < 4.78 is 0. The monoisotopic (exact) mass is 292 g/mol. The molecule has 0 spiro atoms. The lowest BCUT2D eigenvalue weighted by Gasteiger charge is -1.94. The van der Waals surface area contributed by atoms with Crippen molar-refractivity contribution in [3.05, 3.63) is 21.9 Å². The molecule has 2 aromatic heterocycles. The Morgan fingerprint density at radius 2 is 2.35 bits per heavy atom. The predicted octanol–water partition coefficient (Wildman–Crippen LogP) is 2.76. The van der Waals surface area contributed by atoms with Crippen LogP contribution < -0.4 is 0 Å². The van der Waals surface area contributed by atoms with E-state index in [1.165, 1.54) is 17.7 Å². The highest BCUT2D eigenvalue weighted by Gasteiger charge is 2.12. The Morgan fingerprint density at radius 1 is 1.50 bits per heavy atom. The minimum Gasteiger partial charge on any atom is -0.478 e. The molecule has 0 aliphatic carbocycles. The number of aliphatic carboxylic acids is 1. The zero-order valence-corrected chi connectivity index (χ0v) is 12.0. The third-order valence-corrected chi connectivity index (χ3v) is 3.98. The topological polar surface area (TPSA) is 91.8 Å². The normalized spacial score (nSPS) is 11.2. The molecule has 0 atom stereocenters. The molecule has 0 amide bonds. The Kier molecular flexibility index (Phi) is 5.00. The molecule has 2 heterocycles. The highest BCUT2D eigenvalue weighted by Crippen LogP contribution is 2.31. The number of H-pyrrole nitrogens is 1. The summed E-state index contributed by atoms with van der Waals surface area (Å²) in [6, 6.07) is 2.03. The van der Waals surface area contributed by atoms with E-state index in [-0.39, 0.29) is 0 Å². The van der Waals surface area contributed by atoms with Crippen molar-refractivity contribution in [2.75, 3.05) is 0 Å². The van der Waals surface area contributed by atoms with Crippen molar-refractivity contribution < 1.29 is 9.90 Å². The summed E-state index contributed by atoms with van der Waals surface area (Å²) in [5, 5.41) is 22.5. The van der Waals surface area contributed by atoms with Crippen molar-refractivity contribution >= 4 is 23.4 Å². The minimum absolute atomic E-state index is 0.563. The molecule has 0 aliphatic rings. The number of hydrogen-bond donors (Lipinski definition) is 2. The van der Waals surface area contributed by atoms with Crippen LogP contribution in [0.1, 0.15) is 35.9 Å². The number of aryl methyl sites for hydroxylation is 1. The van der Waals surface area contributed by atoms with Crippen LogP contribution in [0, 0.1) is 0 Å². The number of carboxylic acids is 1. The molecule has 0 saturated heterocycles. The number of aromatic nitrogens is 4. The molecule has 6 nitrogen and oxygen atoms in total. The first kappa shape index (κ1) is 14.4. The molecular weight excluding hydrogens is 276 g/mol. The van der Waals surface area contributed by atoms with E-state index in [2.05, 4.69) is 27.5 Å². The second-order valence-corrected chi connectivity index (χ2v) is 5.54. The van der Waals surface area contributed by atoms with Crippen LogP contribution in [-0.2, 0) is 11.2 Å². The molecular formula is C13H16N4O2S. The molecule has 20 heavy (non-hydrogen) atoms. The van der Waals surface area contributed by atoms with Crippen LogP contribution in [-0.4, -0.2) is 31.7 Å². The fourth-order valence-electron chi connectivity index (χ4n) is 1.86. The standard InChI is InChI=1S/C13H16N4O2S/c1-2-3-4-5-9-8-10(13-14-16-17-15-13)11(20-9)6-7-12(18)19/h6-8H,2-5H2,1H3,(H,18,19)(H,14,15,16,17)/b7-6+. The number of unbranched alkanes of at least 4 members (excludes halogenated alkanes) is 2. The van der Waals surface area contributed by atoms with Crippen LogP contribution >= 0.6 is 11.3 Å². The maximum absolute atomic E-state index is 10.7. The Hall–Kier alpha value is -2.02. The lowest BCUT2D eigenvalue weighted by atomic mass is 10.1. The van der Waals surface area contributed by atoms with Crippen molar-refractivity contribution in [2.24, 2.45) is 0 Å². The number of nitrogens with one attached hydrogen (secondary N) is 1. The van der Waals surface area contributed by atoms with Gasteiger partial charge in [-0.1, -0.05) is 19.8 Å². The van der Waals surface area contributed by atoms with E-state index in [1.54, 1.807) is 17.4 Å². The summed E-state index contributed by atoms with van der Waals surface area (Å²) in [5.41, 5.74) is 0.851. The van der Waals surface area contributed by atoms with Gasteiger partial charge in [-0.15, -0.1) is 16.4 Å². The van der Waals surface area contributed by atoms with Gasteiger partial charge in [0.15, 0.2) is 5.82 Å². The first-order valence-electron chi connectivity index (χ1n) is 6.48. The molecule has 0 unspecified atom stereocenters. The maximum atomic E-state index is 10.7. The molecule has 2 aromatic rings. The van der Waals surface area contributed by atoms with E-state index in [4.69, 9.17) is 5.11 Å².